The highest BCUT2D eigenvalue weighted by Crippen LogP contribution is 2.02. The molecule has 5 heteroatoms. The summed E-state index contributed by atoms with van der Waals surface area (Å²) in [4.78, 5) is 22.2. The van der Waals surface area contributed by atoms with Crippen LogP contribution in [0.4, 0.5) is 0 Å². The van der Waals surface area contributed by atoms with E-state index >= 15 is 0 Å². The van der Waals surface area contributed by atoms with Crippen molar-refractivity contribution in [2.75, 3.05) is 6.61 Å². The summed E-state index contributed by atoms with van der Waals surface area (Å²) in [5.41, 5.74) is 1.35. The molecule has 0 heterocycles. The Morgan fingerprint density at radius 3 is 2.53 bits per heavy atom. The molecule has 0 aliphatic heterocycles. The summed E-state index contributed by atoms with van der Waals surface area (Å²) in [5.74, 6) is -1.66. The van der Waals surface area contributed by atoms with Gasteiger partial charge in [0.25, 0.3) is 0 Å². The lowest BCUT2D eigenvalue weighted by Gasteiger charge is -2.04. The highest BCUT2D eigenvalue weighted by atomic mass is 16.5. The maximum Gasteiger partial charge on any atom is 0.396 e. The summed E-state index contributed by atoms with van der Waals surface area (Å²) in [6.45, 7) is 2.03. The Labute approximate surface area is 99.0 Å². The Morgan fingerprint density at radius 1 is 1.35 bits per heavy atom. The van der Waals surface area contributed by atoms with Crippen LogP contribution >= 0.6 is 0 Å². The van der Waals surface area contributed by atoms with Crippen molar-refractivity contribution < 1.29 is 14.3 Å². The Morgan fingerprint density at radius 2 is 2.00 bits per heavy atom. The lowest BCUT2D eigenvalue weighted by atomic mass is 10.1. The normalized spacial score (nSPS) is 9.18. The Bertz CT molecular complexity index is 446. The predicted molar refractivity (Wildman–Crippen MR) is 59.6 cm³/mol. The van der Waals surface area contributed by atoms with Crippen LogP contribution in [0.3, 0.4) is 0 Å². The van der Waals surface area contributed by atoms with Crippen LogP contribution in [-0.4, -0.2) is 18.5 Å². The largest absolute Gasteiger partial charge is 0.459 e. The number of benzene rings is 1. The molecular formula is C12H12N2O3. The van der Waals surface area contributed by atoms with Crippen LogP contribution < -0.4 is 5.32 Å². The van der Waals surface area contributed by atoms with Crippen molar-refractivity contribution in [1.82, 2.24) is 5.32 Å². The third-order valence-corrected chi connectivity index (χ3v) is 2.00. The molecule has 0 bridgehead atoms. The number of hydrogen-bond donors (Lipinski definition) is 1. The Balaban J connectivity index is 2.47. The summed E-state index contributed by atoms with van der Waals surface area (Å²) in [7, 11) is 0. The average Bonchev–Trinajstić information content (AvgIpc) is 2.36. The SMILES string of the molecule is CCOC(=O)C(=O)NCc1ccc(C#N)cc1. The van der Waals surface area contributed by atoms with E-state index < -0.39 is 11.9 Å². The summed E-state index contributed by atoms with van der Waals surface area (Å²) in [5, 5.41) is 11.0. The minimum atomic E-state index is -0.888. The molecule has 1 amide bonds. The fraction of sp³-hybridized carbons (Fsp3) is 0.250. The standard InChI is InChI=1S/C12H12N2O3/c1-2-17-12(16)11(15)14-8-10-5-3-9(7-13)4-6-10/h3-6H,2,8H2,1H3,(H,14,15). The molecule has 0 aliphatic rings. The van der Waals surface area contributed by atoms with Gasteiger partial charge in [-0.05, 0) is 24.6 Å². The van der Waals surface area contributed by atoms with E-state index in [1.807, 2.05) is 6.07 Å². The number of nitrogens with one attached hydrogen (secondary N) is 1. The second-order valence-electron chi connectivity index (χ2n) is 3.21. The van der Waals surface area contributed by atoms with Gasteiger partial charge in [0.1, 0.15) is 0 Å². The first-order valence-electron chi connectivity index (χ1n) is 5.11. The number of esters is 1. The molecular weight excluding hydrogens is 220 g/mol. The molecule has 1 rings (SSSR count). The third-order valence-electron chi connectivity index (χ3n) is 2.00. The van der Waals surface area contributed by atoms with Crippen LogP contribution in [0.2, 0.25) is 0 Å². The van der Waals surface area contributed by atoms with Gasteiger partial charge in [-0.25, -0.2) is 4.79 Å². The summed E-state index contributed by atoms with van der Waals surface area (Å²) >= 11 is 0. The molecule has 1 aromatic carbocycles. The van der Waals surface area contributed by atoms with E-state index in [0.717, 1.165) is 5.56 Å². The van der Waals surface area contributed by atoms with Gasteiger partial charge in [-0.1, -0.05) is 12.1 Å². The lowest BCUT2D eigenvalue weighted by molar-refractivity contribution is -0.154. The first-order valence-corrected chi connectivity index (χ1v) is 5.11. The van der Waals surface area contributed by atoms with Crippen molar-refractivity contribution >= 4 is 11.9 Å². The molecule has 0 spiro atoms. The molecule has 0 radical (unpaired) electrons. The average molecular weight is 232 g/mol. The van der Waals surface area contributed by atoms with Crippen LogP contribution in [0.25, 0.3) is 0 Å². The van der Waals surface area contributed by atoms with Gasteiger partial charge in [0.15, 0.2) is 0 Å². The van der Waals surface area contributed by atoms with Crippen LogP contribution in [-0.2, 0) is 20.9 Å². The second kappa shape index (κ2) is 6.28. The maximum absolute atomic E-state index is 11.2. The predicted octanol–water partition coefficient (Wildman–Crippen LogP) is 0.738. The van der Waals surface area contributed by atoms with Crippen LogP contribution in [0.1, 0.15) is 18.1 Å². The van der Waals surface area contributed by atoms with Crippen molar-refractivity contribution in [3.63, 3.8) is 0 Å². The molecule has 0 atom stereocenters. The van der Waals surface area contributed by atoms with E-state index in [-0.39, 0.29) is 13.2 Å². The van der Waals surface area contributed by atoms with E-state index in [9.17, 15) is 9.59 Å². The molecule has 0 fully saturated rings. The zero-order valence-electron chi connectivity index (χ0n) is 9.40. The molecule has 0 unspecified atom stereocenters. The number of carbonyl (C=O) groups is 2. The molecule has 1 aromatic rings. The van der Waals surface area contributed by atoms with E-state index in [1.165, 1.54) is 0 Å². The maximum atomic E-state index is 11.2. The number of nitrogens with zero attached hydrogens (tertiary/aromatic N) is 1. The Kier molecular flexibility index (Phi) is 4.70. The number of rotatable bonds is 3. The molecule has 0 saturated carbocycles. The first-order chi connectivity index (χ1) is 8.17. The van der Waals surface area contributed by atoms with E-state index in [4.69, 9.17) is 5.26 Å². The minimum Gasteiger partial charge on any atom is -0.459 e. The van der Waals surface area contributed by atoms with E-state index in [1.54, 1.807) is 31.2 Å². The fourth-order valence-electron chi connectivity index (χ4n) is 1.15. The van der Waals surface area contributed by atoms with Crippen molar-refractivity contribution in [2.24, 2.45) is 0 Å². The third kappa shape index (κ3) is 3.95. The molecule has 17 heavy (non-hydrogen) atoms. The van der Waals surface area contributed by atoms with Crippen molar-refractivity contribution in [3.8, 4) is 6.07 Å². The number of amides is 1. The summed E-state index contributed by atoms with van der Waals surface area (Å²) in [6.07, 6.45) is 0. The number of ether oxygens (including phenoxy) is 1. The quantitative estimate of drug-likeness (QED) is 0.615. The van der Waals surface area contributed by atoms with Gasteiger partial charge in [0, 0.05) is 6.54 Å². The number of carbonyl (C=O) groups excluding carboxylic acids is 2. The highest BCUT2D eigenvalue weighted by molar-refractivity contribution is 6.32. The van der Waals surface area contributed by atoms with Crippen molar-refractivity contribution in [1.29, 1.82) is 5.26 Å². The van der Waals surface area contributed by atoms with Gasteiger partial charge in [0.2, 0.25) is 0 Å². The van der Waals surface area contributed by atoms with E-state index in [0.29, 0.717) is 5.56 Å². The van der Waals surface area contributed by atoms with E-state index in [2.05, 4.69) is 10.1 Å². The van der Waals surface area contributed by atoms with Gasteiger partial charge in [-0.15, -0.1) is 0 Å². The molecule has 5 nitrogen and oxygen atoms in total. The Hall–Kier alpha value is -2.35. The molecule has 1 N–H and O–H groups in total. The zero-order valence-corrected chi connectivity index (χ0v) is 9.40. The fourth-order valence-corrected chi connectivity index (χ4v) is 1.15. The lowest BCUT2D eigenvalue weighted by Crippen LogP contribution is -2.32. The number of nitriles is 1. The van der Waals surface area contributed by atoms with Crippen LogP contribution in [0.5, 0.6) is 0 Å². The van der Waals surface area contributed by atoms with Gasteiger partial charge < -0.3 is 10.1 Å². The monoisotopic (exact) mass is 232 g/mol. The topological polar surface area (TPSA) is 79.2 Å². The van der Waals surface area contributed by atoms with Crippen molar-refractivity contribution in [2.45, 2.75) is 13.5 Å². The van der Waals surface area contributed by atoms with Gasteiger partial charge >= 0.3 is 11.9 Å². The summed E-state index contributed by atoms with van der Waals surface area (Å²) in [6, 6.07) is 8.71. The smallest absolute Gasteiger partial charge is 0.396 e. The minimum absolute atomic E-state index is 0.170. The zero-order chi connectivity index (χ0) is 12.7. The second-order valence-corrected chi connectivity index (χ2v) is 3.21. The van der Waals surface area contributed by atoms with Gasteiger partial charge in [-0.3, -0.25) is 4.79 Å². The molecule has 0 aromatic heterocycles. The van der Waals surface area contributed by atoms with Crippen LogP contribution in [0.15, 0.2) is 24.3 Å². The molecule has 88 valence electrons. The van der Waals surface area contributed by atoms with Gasteiger partial charge in [0.05, 0.1) is 18.2 Å². The highest BCUT2D eigenvalue weighted by Gasteiger charge is 2.13. The van der Waals surface area contributed by atoms with Gasteiger partial charge in [-0.2, -0.15) is 5.26 Å². The summed E-state index contributed by atoms with van der Waals surface area (Å²) < 4.78 is 4.53. The van der Waals surface area contributed by atoms with Crippen LogP contribution in [0, 0.1) is 11.3 Å². The number of hydrogen-bond acceptors (Lipinski definition) is 4. The molecule has 0 saturated heterocycles. The molecule has 0 aliphatic carbocycles. The first kappa shape index (κ1) is 12.7. The van der Waals surface area contributed by atoms with Crippen molar-refractivity contribution in [3.05, 3.63) is 35.4 Å².